The predicted molar refractivity (Wildman–Crippen MR) is 115 cm³/mol. The largest absolute Gasteiger partial charge is 0.322 e. The van der Waals surface area contributed by atoms with Crippen LogP contribution in [0.5, 0.6) is 0 Å². The molecule has 0 aliphatic carbocycles. The second-order valence-electron chi connectivity index (χ2n) is 7.72. The van der Waals surface area contributed by atoms with Crippen molar-refractivity contribution in [3.8, 4) is 11.1 Å². The molecule has 2 fully saturated rings. The standard InChI is InChI=1S/C23H30N4O/c28-23(24-22-11-5-4-10-21(22)20-8-2-1-3-9-20)27-18-16-26(17-19-27)15-14-25-12-6-7-13-25/h1-5,8-11H,6-7,12-19H2,(H,24,28). The molecule has 0 atom stereocenters. The van der Waals surface area contributed by atoms with E-state index in [-0.39, 0.29) is 6.03 Å². The molecule has 2 aliphatic rings. The summed E-state index contributed by atoms with van der Waals surface area (Å²) in [6.07, 6.45) is 2.69. The second-order valence-corrected chi connectivity index (χ2v) is 7.72. The fourth-order valence-electron chi connectivity index (χ4n) is 4.12. The minimum atomic E-state index is 0.00238. The Balaban J connectivity index is 1.30. The molecule has 0 radical (unpaired) electrons. The highest BCUT2D eigenvalue weighted by atomic mass is 16.2. The molecule has 0 aromatic heterocycles. The number of carbonyl (C=O) groups is 1. The third kappa shape index (κ3) is 4.72. The molecular formula is C23H30N4O. The molecule has 2 heterocycles. The predicted octanol–water partition coefficient (Wildman–Crippen LogP) is 3.60. The summed E-state index contributed by atoms with van der Waals surface area (Å²) in [5, 5.41) is 3.13. The van der Waals surface area contributed by atoms with Crippen LogP contribution >= 0.6 is 0 Å². The van der Waals surface area contributed by atoms with E-state index in [1.165, 1.54) is 25.9 Å². The summed E-state index contributed by atoms with van der Waals surface area (Å²) in [5.41, 5.74) is 3.04. The zero-order valence-corrected chi connectivity index (χ0v) is 16.5. The SMILES string of the molecule is O=C(Nc1ccccc1-c1ccccc1)N1CCN(CCN2CCCC2)CC1. The number of piperazine rings is 1. The van der Waals surface area contributed by atoms with E-state index in [9.17, 15) is 4.79 Å². The normalized spacial score (nSPS) is 18.4. The van der Waals surface area contributed by atoms with Crippen LogP contribution < -0.4 is 5.32 Å². The first kappa shape index (κ1) is 19.0. The maximum atomic E-state index is 12.8. The quantitative estimate of drug-likeness (QED) is 0.864. The number of rotatable bonds is 5. The molecular weight excluding hydrogens is 348 g/mol. The van der Waals surface area contributed by atoms with Crippen molar-refractivity contribution >= 4 is 11.7 Å². The Hall–Kier alpha value is -2.37. The van der Waals surface area contributed by atoms with Gasteiger partial charge in [-0.25, -0.2) is 4.79 Å². The van der Waals surface area contributed by atoms with Gasteiger partial charge in [0.15, 0.2) is 0 Å². The van der Waals surface area contributed by atoms with Crippen LogP contribution in [0.25, 0.3) is 11.1 Å². The fourth-order valence-corrected chi connectivity index (χ4v) is 4.12. The Morgan fingerprint density at radius 1 is 0.750 bits per heavy atom. The van der Waals surface area contributed by atoms with E-state index in [0.717, 1.165) is 56.1 Å². The molecule has 0 spiro atoms. The molecule has 4 rings (SSSR count). The molecule has 2 aliphatic heterocycles. The Morgan fingerprint density at radius 3 is 2.07 bits per heavy atom. The molecule has 0 bridgehead atoms. The van der Waals surface area contributed by atoms with Gasteiger partial charge in [-0.05, 0) is 37.6 Å². The molecule has 148 valence electrons. The number of urea groups is 1. The average Bonchev–Trinajstić information content (AvgIpc) is 3.27. The van der Waals surface area contributed by atoms with E-state index >= 15 is 0 Å². The highest BCUT2D eigenvalue weighted by Crippen LogP contribution is 2.27. The van der Waals surface area contributed by atoms with Gasteiger partial charge in [0.2, 0.25) is 0 Å². The lowest BCUT2D eigenvalue weighted by molar-refractivity contribution is 0.137. The van der Waals surface area contributed by atoms with Gasteiger partial charge in [0.25, 0.3) is 0 Å². The smallest absolute Gasteiger partial charge is 0.321 e. The molecule has 5 heteroatoms. The van der Waals surface area contributed by atoms with Gasteiger partial charge in [-0.3, -0.25) is 4.90 Å². The average molecular weight is 379 g/mol. The second kappa shape index (κ2) is 9.22. The topological polar surface area (TPSA) is 38.8 Å². The van der Waals surface area contributed by atoms with E-state index in [0.29, 0.717) is 0 Å². The van der Waals surface area contributed by atoms with E-state index in [1.54, 1.807) is 0 Å². The first-order valence-corrected chi connectivity index (χ1v) is 10.4. The number of amides is 2. The highest BCUT2D eigenvalue weighted by Gasteiger charge is 2.22. The van der Waals surface area contributed by atoms with Crippen molar-refractivity contribution in [1.29, 1.82) is 0 Å². The van der Waals surface area contributed by atoms with Crippen LogP contribution in [0.3, 0.4) is 0 Å². The van der Waals surface area contributed by atoms with Gasteiger partial charge in [0.1, 0.15) is 0 Å². The molecule has 1 N–H and O–H groups in total. The number of hydrogen-bond donors (Lipinski definition) is 1. The van der Waals surface area contributed by atoms with Gasteiger partial charge in [-0.15, -0.1) is 0 Å². The molecule has 2 amide bonds. The van der Waals surface area contributed by atoms with E-state index in [4.69, 9.17) is 0 Å². The zero-order valence-electron chi connectivity index (χ0n) is 16.5. The molecule has 0 saturated carbocycles. The first-order chi connectivity index (χ1) is 13.8. The zero-order chi connectivity index (χ0) is 19.2. The molecule has 5 nitrogen and oxygen atoms in total. The summed E-state index contributed by atoms with van der Waals surface area (Å²) < 4.78 is 0. The minimum absolute atomic E-state index is 0.00238. The molecule has 28 heavy (non-hydrogen) atoms. The van der Waals surface area contributed by atoms with Gasteiger partial charge in [-0.1, -0.05) is 48.5 Å². The first-order valence-electron chi connectivity index (χ1n) is 10.4. The lowest BCUT2D eigenvalue weighted by Crippen LogP contribution is -2.51. The summed E-state index contributed by atoms with van der Waals surface area (Å²) in [4.78, 5) is 19.8. The molecule has 0 unspecified atom stereocenters. The molecule has 2 saturated heterocycles. The highest BCUT2D eigenvalue weighted by molar-refractivity contribution is 5.94. The van der Waals surface area contributed by atoms with E-state index < -0.39 is 0 Å². The van der Waals surface area contributed by atoms with Crippen molar-refractivity contribution in [2.45, 2.75) is 12.8 Å². The Bertz CT molecular complexity index is 765. The number of benzene rings is 2. The van der Waals surface area contributed by atoms with Gasteiger partial charge < -0.3 is 15.1 Å². The van der Waals surface area contributed by atoms with Crippen LogP contribution in [0.4, 0.5) is 10.5 Å². The maximum absolute atomic E-state index is 12.8. The maximum Gasteiger partial charge on any atom is 0.321 e. The summed E-state index contributed by atoms with van der Waals surface area (Å²) in [6.45, 7) is 8.29. The van der Waals surface area contributed by atoms with Crippen molar-refractivity contribution < 1.29 is 4.79 Å². The number of likely N-dealkylation sites (tertiary alicyclic amines) is 1. The lowest BCUT2D eigenvalue weighted by atomic mass is 10.0. The Labute approximate surface area is 167 Å². The van der Waals surface area contributed by atoms with Gasteiger partial charge in [0.05, 0.1) is 5.69 Å². The Kier molecular flexibility index (Phi) is 6.24. The Morgan fingerprint density at radius 2 is 1.36 bits per heavy atom. The number of para-hydroxylation sites is 1. The summed E-state index contributed by atoms with van der Waals surface area (Å²) in [5.74, 6) is 0. The van der Waals surface area contributed by atoms with E-state index in [2.05, 4.69) is 33.3 Å². The van der Waals surface area contributed by atoms with Crippen molar-refractivity contribution in [2.24, 2.45) is 0 Å². The van der Waals surface area contributed by atoms with Crippen LogP contribution in [-0.4, -0.2) is 73.1 Å². The van der Waals surface area contributed by atoms with Crippen molar-refractivity contribution in [2.75, 3.05) is 57.7 Å². The van der Waals surface area contributed by atoms with Crippen LogP contribution in [0.15, 0.2) is 54.6 Å². The fraction of sp³-hybridized carbons (Fsp3) is 0.435. The van der Waals surface area contributed by atoms with E-state index in [1.807, 2.05) is 41.3 Å². The lowest BCUT2D eigenvalue weighted by Gasteiger charge is -2.35. The van der Waals surface area contributed by atoms with Crippen molar-refractivity contribution in [1.82, 2.24) is 14.7 Å². The molecule has 2 aromatic carbocycles. The van der Waals surface area contributed by atoms with Crippen LogP contribution in [-0.2, 0) is 0 Å². The minimum Gasteiger partial charge on any atom is -0.322 e. The molecule has 2 aromatic rings. The number of hydrogen-bond acceptors (Lipinski definition) is 3. The number of anilines is 1. The summed E-state index contributed by atoms with van der Waals surface area (Å²) in [7, 11) is 0. The van der Waals surface area contributed by atoms with Crippen LogP contribution in [0.1, 0.15) is 12.8 Å². The number of nitrogens with one attached hydrogen (secondary N) is 1. The number of carbonyl (C=O) groups excluding carboxylic acids is 1. The van der Waals surface area contributed by atoms with Gasteiger partial charge in [0, 0.05) is 44.8 Å². The van der Waals surface area contributed by atoms with Crippen LogP contribution in [0, 0.1) is 0 Å². The van der Waals surface area contributed by atoms with Crippen molar-refractivity contribution in [3.05, 3.63) is 54.6 Å². The third-order valence-electron chi connectivity index (χ3n) is 5.84. The van der Waals surface area contributed by atoms with Gasteiger partial charge >= 0.3 is 6.03 Å². The van der Waals surface area contributed by atoms with Gasteiger partial charge in [-0.2, -0.15) is 0 Å². The third-order valence-corrected chi connectivity index (χ3v) is 5.84. The van der Waals surface area contributed by atoms with Crippen molar-refractivity contribution in [3.63, 3.8) is 0 Å². The monoisotopic (exact) mass is 378 g/mol. The van der Waals surface area contributed by atoms with Crippen LogP contribution in [0.2, 0.25) is 0 Å². The number of nitrogens with zero attached hydrogens (tertiary/aromatic N) is 3. The summed E-state index contributed by atoms with van der Waals surface area (Å²) in [6, 6.07) is 18.2. The summed E-state index contributed by atoms with van der Waals surface area (Å²) >= 11 is 0.